The van der Waals surface area contributed by atoms with Crippen molar-refractivity contribution in [3.8, 4) is 11.6 Å². The monoisotopic (exact) mass is 662 g/mol. The molecule has 49 heavy (non-hydrogen) atoms. The molecule has 3 aliphatic rings. The van der Waals surface area contributed by atoms with Crippen LogP contribution in [0.1, 0.15) is 57.8 Å². The van der Waals surface area contributed by atoms with Crippen molar-refractivity contribution < 1.29 is 19.1 Å². The second-order valence-corrected chi connectivity index (χ2v) is 14.1. The maximum Gasteiger partial charge on any atom is 0.408 e. The molecule has 252 valence electrons. The number of fused-ring (bicyclic) bond motifs is 6. The molecule has 0 unspecified atom stereocenters. The van der Waals surface area contributed by atoms with Gasteiger partial charge in [0.25, 0.3) is 11.5 Å². The van der Waals surface area contributed by atoms with Crippen molar-refractivity contribution in [3.05, 3.63) is 82.7 Å². The van der Waals surface area contributed by atoms with E-state index in [2.05, 4.69) is 39.1 Å². The lowest BCUT2D eigenvalue weighted by molar-refractivity contribution is -0.121. The normalized spacial score (nSPS) is 17.5. The number of hydrogen-bond acceptors (Lipinski definition) is 8. The molecule has 0 radical (unpaired) electrons. The van der Waals surface area contributed by atoms with Gasteiger partial charge in [-0.3, -0.25) is 14.5 Å². The van der Waals surface area contributed by atoms with Crippen LogP contribution < -0.4 is 20.5 Å². The smallest absolute Gasteiger partial charge is 0.408 e. The SMILES string of the molecule is CC(C)(C)OC(=O)NC1(Cn2ccc3cc(Cc4ncc5c(=O)n6n(c5n4)-c4ccc5c(n4)N(CCC/C=C\C6)C(=O)CO5)ccc32)CC1. The number of ether oxygens (including phenoxy) is 2. The number of rotatable bonds is 5. The highest BCUT2D eigenvalue weighted by molar-refractivity contribution is 5.96. The minimum absolute atomic E-state index is 0.0276. The molecule has 2 amide bonds. The van der Waals surface area contributed by atoms with Gasteiger partial charge in [-0.05, 0) is 87.7 Å². The quantitative estimate of drug-likeness (QED) is 0.269. The lowest BCUT2D eigenvalue weighted by Crippen LogP contribution is -2.42. The highest BCUT2D eigenvalue weighted by atomic mass is 16.6. The van der Waals surface area contributed by atoms with Gasteiger partial charge in [-0.25, -0.2) is 29.1 Å². The average molecular weight is 663 g/mol. The number of hydrogen-bond donors (Lipinski definition) is 1. The molecular weight excluding hydrogens is 624 g/mol. The van der Waals surface area contributed by atoms with E-state index in [1.165, 1.54) is 0 Å². The summed E-state index contributed by atoms with van der Waals surface area (Å²) in [6, 6.07) is 11.9. The Morgan fingerprint density at radius 3 is 2.76 bits per heavy atom. The number of benzene rings is 1. The minimum Gasteiger partial charge on any atom is -0.480 e. The number of carbonyl (C=O) groups is 2. The van der Waals surface area contributed by atoms with Crippen LogP contribution in [0.4, 0.5) is 10.6 Å². The molecule has 0 spiro atoms. The number of alkyl carbamates (subject to hydrolysis) is 1. The van der Waals surface area contributed by atoms with E-state index in [1.54, 1.807) is 32.6 Å². The van der Waals surface area contributed by atoms with Crippen LogP contribution in [0.25, 0.3) is 27.8 Å². The number of anilines is 1. The zero-order chi connectivity index (χ0) is 33.9. The number of allylic oxidation sites excluding steroid dienone is 2. The second-order valence-electron chi connectivity index (χ2n) is 14.1. The summed E-state index contributed by atoms with van der Waals surface area (Å²) in [5.41, 5.74) is 1.47. The number of amides is 2. The highest BCUT2D eigenvalue weighted by Gasteiger charge is 2.45. The molecule has 13 heteroatoms. The summed E-state index contributed by atoms with van der Waals surface area (Å²) >= 11 is 0. The zero-order valence-corrected chi connectivity index (χ0v) is 27.8. The Labute approximate surface area is 282 Å². The predicted molar refractivity (Wildman–Crippen MR) is 183 cm³/mol. The Kier molecular flexibility index (Phi) is 7.30. The first-order chi connectivity index (χ1) is 23.6. The molecule has 1 saturated carbocycles. The molecule has 2 bridgehead atoms. The third-order valence-corrected chi connectivity index (χ3v) is 9.16. The first-order valence-corrected chi connectivity index (χ1v) is 16.7. The Hall–Kier alpha value is -5.46. The Balaban J connectivity index is 1.10. The van der Waals surface area contributed by atoms with Crippen LogP contribution >= 0.6 is 0 Å². The number of aromatic nitrogens is 6. The zero-order valence-electron chi connectivity index (χ0n) is 27.8. The topological polar surface area (TPSA) is 138 Å². The maximum atomic E-state index is 13.7. The fourth-order valence-electron chi connectivity index (χ4n) is 6.62. The largest absolute Gasteiger partial charge is 0.480 e. The van der Waals surface area contributed by atoms with E-state index in [0.29, 0.717) is 60.3 Å². The summed E-state index contributed by atoms with van der Waals surface area (Å²) in [5.74, 6) is 1.86. The molecule has 6 heterocycles. The van der Waals surface area contributed by atoms with Crippen LogP contribution in [0.2, 0.25) is 0 Å². The molecular formula is C36H38N8O5. The van der Waals surface area contributed by atoms with Gasteiger partial charge in [0.2, 0.25) is 0 Å². The Morgan fingerprint density at radius 1 is 1.08 bits per heavy atom. The van der Waals surface area contributed by atoms with Gasteiger partial charge < -0.3 is 19.4 Å². The summed E-state index contributed by atoms with van der Waals surface area (Å²) in [6.45, 7) is 7.08. The van der Waals surface area contributed by atoms with E-state index in [9.17, 15) is 14.4 Å². The summed E-state index contributed by atoms with van der Waals surface area (Å²) in [6.07, 6.45) is 11.0. The Morgan fingerprint density at radius 2 is 1.94 bits per heavy atom. The summed E-state index contributed by atoms with van der Waals surface area (Å²) in [7, 11) is 0. The van der Waals surface area contributed by atoms with Crippen molar-refractivity contribution in [2.24, 2.45) is 0 Å². The van der Waals surface area contributed by atoms with E-state index in [-0.39, 0.29) is 29.7 Å². The second kappa shape index (κ2) is 11.6. The molecule has 4 aromatic heterocycles. The molecule has 1 fully saturated rings. The van der Waals surface area contributed by atoms with Gasteiger partial charge in [-0.2, -0.15) is 0 Å². The van der Waals surface area contributed by atoms with Gasteiger partial charge in [0.05, 0.1) is 12.1 Å². The van der Waals surface area contributed by atoms with Crippen molar-refractivity contribution in [2.45, 2.75) is 77.1 Å². The van der Waals surface area contributed by atoms with Crippen molar-refractivity contribution in [1.29, 1.82) is 0 Å². The number of carbonyl (C=O) groups excluding carboxylic acids is 2. The van der Waals surface area contributed by atoms with Crippen LogP contribution in [0.3, 0.4) is 0 Å². The van der Waals surface area contributed by atoms with Crippen LogP contribution in [0, 0.1) is 0 Å². The van der Waals surface area contributed by atoms with Crippen molar-refractivity contribution in [1.82, 2.24) is 34.2 Å². The van der Waals surface area contributed by atoms with Crippen molar-refractivity contribution >= 4 is 39.8 Å². The molecule has 2 aliphatic heterocycles. The van der Waals surface area contributed by atoms with Gasteiger partial charge in [0, 0.05) is 37.4 Å². The molecule has 0 atom stereocenters. The van der Waals surface area contributed by atoms with Gasteiger partial charge in [-0.1, -0.05) is 18.2 Å². The maximum absolute atomic E-state index is 13.7. The van der Waals surface area contributed by atoms with E-state index >= 15 is 0 Å². The van der Waals surface area contributed by atoms with Gasteiger partial charge in [0.15, 0.2) is 29.6 Å². The van der Waals surface area contributed by atoms with Gasteiger partial charge in [0.1, 0.15) is 16.8 Å². The molecule has 1 aromatic carbocycles. The lowest BCUT2D eigenvalue weighted by Gasteiger charge is -2.28. The van der Waals surface area contributed by atoms with Crippen LogP contribution in [0.5, 0.6) is 5.75 Å². The van der Waals surface area contributed by atoms with Crippen LogP contribution in [-0.2, 0) is 29.0 Å². The molecule has 1 N–H and O–H groups in total. The highest BCUT2D eigenvalue weighted by Crippen LogP contribution is 2.38. The number of nitrogens with zero attached hydrogens (tertiary/aromatic N) is 7. The summed E-state index contributed by atoms with van der Waals surface area (Å²) in [4.78, 5) is 54.9. The van der Waals surface area contributed by atoms with Crippen LogP contribution in [-0.4, -0.2) is 65.2 Å². The minimum atomic E-state index is -0.549. The predicted octanol–water partition coefficient (Wildman–Crippen LogP) is 4.66. The molecule has 5 aromatic rings. The first kappa shape index (κ1) is 30.8. The molecule has 13 nitrogen and oxygen atoms in total. The molecule has 8 rings (SSSR count). The van der Waals surface area contributed by atoms with E-state index in [0.717, 1.165) is 42.1 Å². The van der Waals surface area contributed by atoms with Crippen LogP contribution in [0.15, 0.2) is 65.7 Å². The van der Waals surface area contributed by atoms with E-state index in [4.69, 9.17) is 19.4 Å². The van der Waals surface area contributed by atoms with Gasteiger partial charge in [-0.15, -0.1) is 0 Å². The van der Waals surface area contributed by atoms with E-state index < -0.39 is 5.60 Å². The summed E-state index contributed by atoms with van der Waals surface area (Å²) < 4.78 is 16.7. The third-order valence-electron chi connectivity index (χ3n) is 9.16. The third kappa shape index (κ3) is 5.93. The first-order valence-electron chi connectivity index (χ1n) is 16.7. The lowest BCUT2D eigenvalue weighted by atomic mass is 10.1. The standard InChI is InChI=1S/C36H38N8O5/c1-35(2,3)49-34(47)40-36(13-14-36)22-41-17-12-24-18-23(8-9-26(24)41)19-28-37-20-25-31(38-28)44-29-11-10-27-32(39-29)42(30(45)21-48-27)15-6-4-5-7-16-43(44)33(25)46/h5,7-12,17-18,20H,4,6,13-16,19,21-22H2,1-3H3,(H,40,47)/b7-5-. The summed E-state index contributed by atoms with van der Waals surface area (Å²) in [5, 5.41) is 4.55. The van der Waals surface area contributed by atoms with Crippen molar-refractivity contribution in [2.75, 3.05) is 18.1 Å². The Bertz CT molecular complexity index is 2220. The fraction of sp³-hybridized carbons (Fsp3) is 0.389. The average Bonchev–Trinajstić information content (AvgIpc) is 3.60. The number of pyridine rings is 1. The van der Waals surface area contributed by atoms with E-state index in [1.807, 2.05) is 39.1 Å². The molecule has 1 aliphatic carbocycles. The molecule has 0 saturated heterocycles. The van der Waals surface area contributed by atoms with Crippen molar-refractivity contribution in [3.63, 3.8) is 0 Å². The number of nitrogens with one attached hydrogen (secondary N) is 1. The van der Waals surface area contributed by atoms with Gasteiger partial charge >= 0.3 is 6.09 Å². The fourth-order valence-corrected chi connectivity index (χ4v) is 6.62.